The largest absolute Gasteiger partial charge is 0.312 e. The van der Waals surface area contributed by atoms with Crippen LogP contribution in [0.2, 0.25) is 0 Å². The Hall–Kier alpha value is -0.190. The zero-order valence-electron chi connectivity index (χ0n) is 8.00. The summed E-state index contributed by atoms with van der Waals surface area (Å²) in [6.45, 7) is 8.55. The van der Waals surface area contributed by atoms with Crippen LogP contribution in [-0.2, 0) is 10.8 Å². The maximum absolute atomic E-state index is 11.0. The molecular weight excluding hydrogens is 184 g/mol. The Bertz CT molecular complexity index is 174. The quantitative estimate of drug-likeness (QED) is 0.496. The van der Waals surface area contributed by atoms with Gasteiger partial charge in [0, 0.05) is 55.0 Å². The molecule has 0 saturated carbocycles. The maximum atomic E-state index is 11.0. The lowest BCUT2D eigenvalue weighted by atomic mass is 10.4. The van der Waals surface area contributed by atoms with Crippen LogP contribution in [0.15, 0.2) is 12.7 Å². The van der Waals surface area contributed by atoms with Gasteiger partial charge in [0.05, 0.1) is 0 Å². The third-order valence-electron chi connectivity index (χ3n) is 2.16. The molecule has 76 valence electrons. The van der Waals surface area contributed by atoms with Crippen molar-refractivity contribution < 1.29 is 4.21 Å². The molecule has 0 spiro atoms. The summed E-state index contributed by atoms with van der Waals surface area (Å²) in [4.78, 5) is 2.36. The molecule has 1 saturated heterocycles. The molecule has 0 aromatic carbocycles. The Labute approximate surface area is 82.6 Å². The zero-order valence-corrected chi connectivity index (χ0v) is 8.81. The number of hydrogen-bond acceptors (Lipinski definition) is 3. The summed E-state index contributed by atoms with van der Waals surface area (Å²) in [5, 5.41) is 3.26. The molecule has 4 heteroatoms. The van der Waals surface area contributed by atoms with Crippen molar-refractivity contribution in [2.24, 2.45) is 0 Å². The molecule has 0 aromatic heterocycles. The fourth-order valence-corrected chi connectivity index (χ4v) is 2.47. The predicted molar refractivity (Wildman–Crippen MR) is 57.4 cm³/mol. The second-order valence-corrected chi connectivity index (χ2v) is 4.88. The summed E-state index contributed by atoms with van der Waals surface area (Å²) < 4.78 is 11.0. The first-order chi connectivity index (χ1) is 6.33. The van der Waals surface area contributed by atoms with Crippen LogP contribution in [0.1, 0.15) is 0 Å². The maximum Gasteiger partial charge on any atom is 0.0363 e. The summed E-state index contributed by atoms with van der Waals surface area (Å²) in [5.74, 6) is 1.70. The van der Waals surface area contributed by atoms with E-state index in [-0.39, 0.29) is 0 Å². The minimum Gasteiger partial charge on any atom is -0.312 e. The first-order valence-electron chi connectivity index (χ1n) is 4.72. The Balaban J connectivity index is 2.02. The first-order valence-corrected chi connectivity index (χ1v) is 6.20. The molecule has 13 heavy (non-hydrogen) atoms. The predicted octanol–water partition coefficient (Wildman–Crippen LogP) is -0.174. The Morgan fingerprint density at radius 1 is 1.46 bits per heavy atom. The highest BCUT2D eigenvalue weighted by atomic mass is 32.2. The van der Waals surface area contributed by atoms with Crippen LogP contribution in [0, 0.1) is 0 Å². The smallest absolute Gasteiger partial charge is 0.0363 e. The molecule has 0 bridgehead atoms. The van der Waals surface area contributed by atoms with Gasteiger partial charge in [0.2, 0.25) is 0 Å². The van der Waals surface area contributed by atoms with Crippen molar-refractivity contribution in [2.75, 3.05) is 44.2 Å². The van der Waals surface area contributed by atoms with E-state index in [1.807, 2.05) is 6.08 Å². The molecule has 0 unspecified atom stereocenters. The van der Waals surface area contributed by atoms with Crippen LogP contribution in [0.25, 0.3) is 0 Å². The van der Waals surface area contributed by atoms with Gasteiger partial charge in [0.1, 0.15) is 0 Å². The molecular formula is C9H18N2OS. The van der Waals surface area contributed by atoms with Gasteiger partial charge in [-0.15, -0.1) is 6.58 Å². The summed E-state index contributed by atoms with van der Waals surface area (Å²) in [6, 6.07) is 0. The highest BCUT2D eigenvalue weighted by molar-refractivity contribution is 7.85. The second-order valence-electron chi connectivity index (χ2n) is 3.18. The van der Waals surface area contributed by atoms with E-state index in [1.165, 1.54) is 0 Å². The molecule has 1 fully saturated rings. The van der Waals surface area contributed by atoms with Crippen LogP contribution < -0.4 is 5.32 Å². The number of hydrogen-bond donors (Lipinski definition) is 1. The molecule has 0 atom stereocenters. The van der Waals surface area contributed by atoms with Crippen molar-refractivity contribution in [1.29, 1.82) is 0 Å². The third kappa shape index (κ3) is 4.55. The molecule has 1 N–H and O–H groups in total. The summed E-state index contributed by atoms with van der Waals surface area (Å²) >= 11 is 0. The number of rotatable bonds is 5. The van der Waals surface area contributed by atoms with Gasteiger partial charge < -0.3 is 10.2 Å². The molecule has 1 aliphatic rings. The molecule has 0 aliphatic carbocycles. The molecule has 3 nitrogen and oxygen atoms in total. The van der Waals surface area contributed by atoms with E-state index in [9.17, 15) is 4.21 Å². The lowest BCUT2D eigenvalue weighted by molar-refractivity contribution is 0.300. The normalized spacial score (nSPS) is 20.3. The first kappa shape index (κ1) is 10.9. The highest BCUT2D eigenvalue weighted by Crippen LogP contribution is 1.98. The van der Waals surface area contributed by atoms with Crippen molar-refractivity contribution in [3.63, 3.8) is 0 Å². The zero-order chi connectivity index (χ0) is 9.52. The van der Waals surface area contributed by atoms with E-state index in [0.717, 1.165) is 44.2 Å². The second kappa shape index (κ2) is 6.29. The van der Waals surface area contributed by atoms with E-state index in [0.29, 0.717) is 0 Å². The van der Waals surface area contributed by atoms with Crippen LogP contribution in [-0.4, -0.2) is 53.3 Å². The summed E-state index contributed by atoms with van der Waals surface area (Å²) in [5.41, 5.74) is 0. The average molecular weight is 202 g/mol. The number of nitrogens with one attached hydrogen (secondary N) is 1. The lowest BCUT2D eigenvalue weighted by Gasteiger charge is -2.25. The van der Waals surface area contributed by atoms with Gasteiger partial charge in [0.15, 0.2) is 0 Å². The minimum absolute atomic E-state index is 0.548. The standard InChI is InChI=1S/C9H18N2OS/c1-2-3-10-4-5-11-6-8-13(12)9-7-11/h2,10H,1,3-9H2. The average Bonchev–Trinajstić information content (AvgIpc) is 2.15. The fraction of sp³-hybridized carbons (Fsp3) is 0.778. The van der Waals surface area contributed by atoms with Gasteiger partial charge in [-0.1, -0.05) is 6.08 Å². The molecule has 0 radical (unpaired) electrons. The van der Waals surface area contributed by atoms with Crippen LogP contribution in [0.5, 0.6) is 0 Å². The third-order valence-corrected chi connectivity index (χ3v) is 3.44. The van der Waals surface area contributed by atoms with E-state index in [1.54, 1.807) is 0 Å². The van der Waals surface area contributed by atoms with E-state index in [4.69, 9.17) is 0 Å². The molecule has 1 rings (SSSR count). The molecule has 1 heterocycles. The van der Waals surface area contributed by atoms with Crippen LogP contribution in [0.4, 0.5) is 0 Å². The van der Waals surface area contributed by atoms with E-state index in [2.05, 4.69) is 16.8 Å². The molecule has 0 aromatic rings. The monoisotopic (exact) mass is 202 g/mol. The summed E-state index contributed by atoms with van der Waals surface area (Å²) in [7, 11) is -0.548. The van der Waals surface area contributed by atoms with Crippen molar-refractivity contribution in [2.45, 2.75) is 0 Å². The number of nitrogens with zero attached hydrogens (tertiary/aromatic N) is 1. The van der Waals surface area contributed by atoms with Crippen molar-refractivity contribution >= 4 is 10.8 Å². The van der Waals surface area contributed by atoms with Gasteiger partial charge in [-0.05, 0) is 0 Å². The van der Waals surface area contributed by atoms with Crippen molar-refractivity contribution in [1.82, 2.24) is 10.2 Å². The van der Waals surface area contributed by atoms with E-state index >= 15 is 0 Å². The van der Waals surface area contributed by atoms with Gasteiger partial charge in [0.25, 0.3) is 0 Å². The van der Waals surface area contributed by atoms with Crippen LogP contribution >= 0.6 is 0 Å². The fourth-order valence-electron chi connectivity index (χ4n) is 1.34. The van der Waals surface area contributed by atoms with Gasteiger partial charge in [-0.25, -0.2) is 0 Å². The minimum atomic E-state index is -0.548. The van der Waals surface area contributed by atoms with Crippen LogP contribution in [0.3, 0.4) is 0 Å². The SMILES string of the molecule is C=CCNCCN1CCS(=O)CC1. The molecule has 1 aliphatic heterocycles. The highest BCUT2D eigenvalue weighted by Gasteiger charge is 2.13. The van der Waals surface area contributed by atoms with E-state index < -0.39 is 10.8 Å². The van der Waals surface area contributed by atoms with Gasteiger partial charge in [-0.3, -0.25) is 4.21 Å². The van der Waals surface area contributed by atoms with Gasteiger partial charge in [-0.2, -0.15) is 0 Å². The van der Waals surface area contributed by atoms with Crippen molar-refractivity contribution in [3.05, 3.63) is 12.7 Å². The van der Waals surface area contributed by atoms with Crippen molar-refractivity contribution in [3.8, 4) is 0 Å². The molecule has 0 amide bonds. The topological polar surface area (TPSA) is 32.3 Å². The Morgan fingerprint density at radius 2 is 2.15 bits per heavy atom. The summed E-state index contributed by atoms with van der Waals surface area (Å²) in [6.07, 6.45) is 1.87. The van der Waals surface area contributed by atoms with Gasteiger partial charge >= 0.3 is 0 Å². The Morgan fingerprint density at radius 3 is 2.77 bits per heavy atom. The Kier molecular flexibility index (Phi) is 5.27. The lowest BCUT2D eigenvalue weighted by Crippen LogP contribution is -2.41.